The number of amides is 1. The Balaban J connectivity index is 2.48. The Morgan fingerprint density at radius 1 is 1.47 bits per heavy atom. The summed E-state index contributed by atoms with van der Waals surface area (Å²) in [7, 11) is 0. The van der Waals surface area contributed by atoms with E-state index in [0.29, 0.717) is 25.5 Å². The van der Waals surface area contributed by atoms with Crippen LogP contribution >= 0.6 is 11.3 Å². The lowest BCUT2D eigenvalue weighted by Crippen LogP contribution is -2.35. The predicted octanol–water partition coefficient (Wildman–Crippen LogP) is 1.29. The molecule has 0 fully saturated rings. The number of nitrogens with one attached hydrogen (secondary N) is 1. The van der Waals surface area contributed by atoms with Crippen molar-refractivity contribution in [2.24, 2.45) is 5.73 Å². The lowest BCUT2D eigenvalue weighted by Gasteiger charge is -2.16. The smallest absolute Gasteiger partial charge is 0.270 e. The first kappa shape index (κ1) is 16.0. The second-order valence-corrected chi connectivity index (χ2v) is 4.80. The molecule has 7 heteroatoms. The summed E-state index contributed by atoms with van der Waals surface area (Å²) < 4.78 is 10.7. The van der Waals surface area contributed by atoms with E-state index in [9.17, 15) is 4.79 Å². The van der Waals surface area contributed by atoms with E-state index in [1.54, 1.807) is 5.38 Å². The number of hydrogen-bond acceptors (Lipinski definition) is 6. The van der Waals surface area contributed by atoms with E-state index in [1.807, 2.05) is 20.8 Å². The number of thiazole rings is 1. The third-order valence-corrected chi connectivity index (χ3v) is 3.32. The zero-order valence-corrected chi connectivity index (χ0v) is 12.3. The monoisotopic (exact) mass is 287 g/mol. The Labute approximate surface area is 117 Å². The van der Waals surface area contributed by atoms with Gasteiger partial charge in [-0.2, -0.15) is 0 Å². The van der Waals surface area contributed by atoms with Gasteiger partial charge in [0.05, 0.1) is 12.6 Å². The molecule has 1 heterocycles. The number of aromatic nitrogens is 1. The Kier molecular flexibility index (Phi) is 6.93. The Morgan fingerprint density at radius 2 is 2.11 bits per heavy atom. The van der Waals surface area contributed by atoms with Crippen LogP contribution in [0.4, 0.5) is 0 Å². The third-order valence-electron chi connectivity index (χ3n) is 2.28. The average Bonchev–Trinajstić information content (AvgIpc) is 2.86. The van der Waals surface area contributed by atoms with Gasteiger partial charge in [-0.15, -0.1) is 11.3 Å². The number of carbonyl (C=O) groups excluding carboxylic acids is 1. The topological polar surface area (TPSA) is 86.5 Å². The van der Waals surface area contributed by atoms with Crippen LogP contribution in [0.2, 0.25) is 0 Å². The average molecular weight is 287 g/mol. The molecule has 1 aromatic rings. The van der Waals surface area contributed by atoms with E-state index in [4.69, 9.17) is 15.2 Å². The van der Waals surface area contributed by atoms with Crippen LogP contribution in [0.3, 0.4) is 0 Å². The number of ether oxygens (including phenoxy) is 2. The lowest BCUT2D eigenvalue weighted by atomic mass is 10.4. The molecule has 1 atom stereocenters. The Morgan fingerprint density at radius 3 is 2.58 bits per heavy atom. The van der Waals surface area contributed by atoms with Crippen LogP contribution in [-0.4, -0.2) is 36.9 Å². The maximum absolute atomic E-state index is 11.9. The van der Waals surface area contributed by atoms with Crippen LogP contribution in [0, 0.1) is 0 Å². The summed E-state index contributed by atoms with van der Waals surface area (Å²) in [6.45, 7) is 6.96. The van der Waals surface area contributed by atoms with Crippen molar-refractivity contribution in [3.8, 4) is 0 Å². The fourth-order valence-corrected chi connectivity index (χ4v) is 2.16. The van der Waals surface area contributed by atoms with E-state index < -0.39 is 6.29 Å². The fraction of sp³-hybridized carbons (Fsp3) is 0.667. The lowest BCUT2D eigenvalue weighted by molar-refractivity contribution is -0.131. The van der Waals surface area contributed by atoms with Crippen molar-refractivity contribution >= 4 is 17.2 Å². The summed E-state index contributed by atoms with van der Waals surface area (Å²) in [5, 5.41) is 5.18. The molecule has 0 aromatic carbocycles. The zero-order chi connectivity index (χ0) is 14.3. The first-order valence-electron chi connectivity index (χ1n) is 6.30. The molecular weight excluding hydrogens is 266 g/mol. The molecule has 0 radical (unpaired) electrons. The van der Waals surface area contributed by atoms with Crippen molar-refractivity contribution in [1.29, 1.82) is 0 Å². The maximum atomic E-state index is 11.9. The summed E-state index contributed by atoms with van der Waals surface area (Å²) >= 11 is 1.38. The molecule has 0 saturated heterocycles. The van der Waals surface area contributed by atoms with E-state index in [-0.39, 0.29) is 11.9 Å². The zero-order valence-electron chi connectivity index (χ0n) is 11.5. The predicted molar refractivity (Wildman–Crippen MR) is 74.1 cm³/mol. The number of hydrogen-bond donors (Lipinski definition) is 2. The fourth-order valence-electron chi connectivity index (χ4n) is 1.41. The molecule has 0 aliphatic heterocycles. The molecule has 108 valence electrons. The number of carbonyl (C=O) groups is 1. The van der Waals surface area contributed by atoms with Gasteiger partial charge >= 0.3 is 0 Å². The quantitative estimate of drug-likeness (QED) is 0.704. The van der Waals surface area contributed by atoms with Crippen LogP contribution in [0.25, 0.3) is 0 Å². The Bertz CT molecular complexity index is 389. The van der Waals surface area contributed by atoms with E-state index >= 15 is 0 Å². The highest BCUT2D eigenvalue weighted by atomic mass is 32.1. The molecular formula is C12H21N3O3S. The van der Waals surface area contributed by atoms with Crippen LogP contribution in [0.1, 0.15) is 42.3 Å². The summed E-state index contributed by atoms with van der Waals surface area (Å²) in [5.74, 6) is -0.243. The molecule has 0 aliphatic carbocycles. The SMILES string of the molecule is CCOC(CNC(=O)c1csc(C(C)N)n1)OCC. The minimum atomic E-state index is -0.425. The van der Waals surface area contributed by atoms with Crippen molar-refractivity contribution in [3.63, 3.8) is 0 Å². The van der Waals surface area contributed by atoms with Gasteiger partial charge < -0.3 is 20.5 Å². The van der Waals surface area contributed by atoms with Gasteiger partial charge in [-0.25, -0.2) is 4.98 Å². The van der Waals surface area contributed by atoms with E-state index in [2.05, 4.69) is 10.3 Å². The van der Waals surface area contributed by atoms with Crippen molar-refractivity contribution in [2.75, 3.05) is 19.8 Å². The van der Waals surface area contributed by atoms with Crippen molar-refractivity contribution in [3.05, 3.63) is 16.1 Å². The molecule has 1 unspecified atom stereocenters. The molecule has 1 aromatic heterocycles. The van der Waals surface area contributed by atoms with Gasteiger partial charge in [-0.1, -0.05) is 0 Å². The normalized spacial score (nSPS) is 12.7. The van der Waals surface area contributed by atoms with Gasteiger partial charge in [0.15, 0.2) is 6.29 Å². The highest BCUT2D eigenvalue weighted by Crippen LogP contribution is 2.15. The van der Waals surface area contributed by atoms with Gasteiger partial charge in [-0.3, -0.25) is 4.79 Å². The van der Waals surface area contributed by atoms with E-state index in [1.165, 1.54) is 11.3 Å². The van der Waals surface area contributed by atoms with Crippen molar-refractivity contribution < 1.29 is 14.3 Å². The summed E-state index contributed by atoms with van der Waals surface area (Å²) in [6.07, 6.45) is -0.425. The Hall–Kier alpha value is -1.02. The standard InChI is InChI=1S/C12H21N3O3S/c1-4-17-10(18-5-2)6-14-11(16)9-7-19-12(15-9)8(3)13/h7-8,10H,4-6,13H2,1-3H3,(H,14,16). The molecule has 0 bridgehead atoms. The minimum absolute atomic E-state index is 0.161. The van der Waals surface area contributed by atoms with Crippen molar-refractivity contribution in [2.45, 2.75) is 33.1 Å². The number of nitrogens with two attached hydrogens (primary N) is 1. The maximum Gasteiger partial charge on any atom is 0.270 e. The molecule has 1 amide bonds. The van der Waals surface area contributed by atoms with Gasteiger partial charge in [0.1, 0.15) is 10.7 Å². The first-order valence-corrected chi connectivity index (χ1v) is 7.18. The van der Waals surface area contributed by atoms with Crippen LogP contribution < -0.4 is 11.1 Å². The minimum Gasteiger partial charge on any atom is -0.351 e. The second-order valence-electron chi connectivity index (χ2n) is 3.91. The largest absolute Gasteiger partial charge is 0.351 e. The summed E-state index contributed by atoms with van der Waals surface area (Å²) in [4.78, 5) is 16.1. The summed E-state index contributed by atoms with van der Waals surface area (Å²) in [5.41, 5.74) is 6.08. The van der Waals surface area contributed by atoms with Gasteiger partial charge in [-0.05, 0) is 20.8 Å². The number of rotatable bonds is 8. The molecule has 0 saturated carbocycles. The molecule has 6 nitrogen and oxygen atoms in total. The molecule has 3 N–H and O–H groups in total. The summed E-state index contributed by atoms with van der Waals surface area (Å²) in [6, 6.07) is -0.161. The molecule has 0 spiro atoms. The third kappa shape index (κ3) is 5.23. The number of nitrogens with zero attached hydrogens (tertiary/aromatic N) is 1. The second kappa shape index (κ2) is 8.21. The molecule has 19 heavy (non-hydrogen) atoms. The first-order chi connectivity index (χ1) is 9.08. The molecule has 1 rings (SSSR count). The van der Waals surface area contributed by atoms with Crippen LogP contribution in [0.15, 0.2) is 5.38 Å². The van der Waals surface area contributed by atoms with Crippen LogP contribution in [-0.2, 0) is 9.47 Å². The van der Waals surface area contributed by atoms with Crippen molar-refractivity contribution in [1.82, 2.24) is 10.3 Å². The highest BCUT2D eigenvalue weighted by molar-refractivity contribution is 7.09. The van der Waals surface area contributed by atoms with Gasteiger partial charge in [0, 0.05) is 18.6 Å². The molecule has 0 aliphatic rings. The van der Waals surface area contributed by atoms with Gasteiger partial charge in [0.2, 0.25) is 0 Å². The van der Waals surface area contributed by atoms with Gasteiger partial charge in [0.25, 0.3) is 5.91 Å². The van der Waals surface area contributed by atoms with E-state index in [0.717, 1.165) is 5.01 Å². The van der Waals surface area contributed by atoms with Crippen LogP contribution in [0.5, 0.6) is 0 Å². The highest BCUT2D eigenvalue weighted by Gasteiger charge is 2.15.